The minimum atomic E-state index is 0.139. The van der Waals surface area contributed by atoms with Gasteiger partial charge in [0.2, 0.25) is 0 Å². The van der Waals surface area contributed by atoms with Crippen LogP contribution in [0.15, 0.2) is 43.0 Å². The van der Waals surface area contributed by atoms with E-state index in [-0.39, 0.29) is 5.92 Å². The minimum absolute atomic E-state index is 0.139. The van der Waals surface area contributed by atoms with E-state index in [1.807, 2.05) is 24.3 Å². The van der Waals surface area contributed by atoms with Gasteiger partial charge in [-0.3, -0.25) is 0 Å². The normalized spacial score (nSPS) is 13.7. The molecular formula is C18H26O2. The van der Waals surface area contributed by atoms with Gasteiger partial charge in [-0.25, -0.2) is 0 Å². The third kappa shape index (κ3) is 7.25. The molecule has 1 aromatic carbocycles. The highest BCUT2D eigenvalue weighted by Crippen LogP contribution is 2.17. The molecule has 110 valence electrons. The van der Waals surface area contributed by atoms with Gasteiger partial charge in [0.25, 0.3) is 0 Å². The van der Waals surface area contributed by atoms with Crippen molar-refractivity contribution in [3.8, 4) is 0 Å². The third-order valence-electron chi connectivity index (χ3n) is 3.56. The molecule has 1 rings (SSSR count). The lowest BCUT2D eigenvalue weighted by atomic mass is 9.94. The number of allylic oxidation sites excluding steroid dienone is 1. The van der Waals surface area contributed by atoms with Crippen molar-refractivity contribution in [1.82, 2.24) is 0 Å². The van der Waals surface area contributed by atoms with Gasteiger partial charge in [0, 0.05) is 12.5 Å². The Morgan fingerprint density at radius 1 is 1.20 bits per heavy atom. The molecule has 2 nitrogen and oxygen atoms in total. The average Bonchev–Trinajstić information content (AvgIpc) is 2.49. The summed E-state index contributed by atoms with van der Waals surface area (Å²) in [5, 5.41) is 0. The van der Waals surface area contributed by atoms with E-state index in [1.165, 1.54) is 5.56 Å². The summed E-state index contributed by atoms with van der Waals surface area (Å²) < 4.78 is 5.69. The molecule has 0 heterocycles. The Labute approximate surface area is 122 Å². The number of aldehydes is 1. The molecule has 0 aliphatic rings. The van der Waals surface area contributed by atoms with Gasteiger partial charge in [-0.2, -0.15) is 0 Å². The van der Waals surface area contributed by atoms with Crippen molar-refractivity contribution in [2.45, 2.75) is 39.2 Å². The Bertz CT molecular complexity index is 372. The molecule has 2 atom stereocenters. The smallest absolute Gasteiger partial charge is 0.123 e. The molecule has 2 heteroatoms. The summed E-state index contributed by atoms with van der Waals surface area (Å²) in [6.07, 6.45) is 6.75. The van der Waals surface area contributed by atoms with Crippen LogP contribution < -0.4 is 0 Å². The highest BCUT2D eigenvalue weighted by molar-refractivity contribution is 5.53. The maximum Gasteiger partial charge on any atom is 0.123 e. The Morgan fingerprint density at radius 2 is 1.95 bits per heavy atom. The van der Waals surface area contributed by atoms with Crippen LogP contribution in [0.1, 0.15) is 38.2 Å². The average molecular weight is 274 g/mol. The van der Waals surface area contributed by atoms with Gasteiger partial charge in [-0.05, 0) is 37.2 Å². The van der Waals surface area contributed by atoms with Gasteiger partial charge in [-0.15, -0.1) is 6.58 Å². The lowest BCUT2D eigenvalue weighted by Gasteiger charge is -2.14. The molecule has 0 saturated heterocycles. The summed E-state index contributed by atoms with van der Waals surface area (Å²) in [6.45, 7) is 7.37. The van der Waals surface area contributed by atoms with Gasteiger partial charge in [0.15, 0.2) is 0 Å². The van der Waals surface area contributed by atoms with Crippen LogP contribution in [0.3, 0.4) is 0 Å². The van der Waals surface area contributed by atoms with Gasteiger partial charge >= 0.3 is 0 Å². The molecule has 1 aromatic rings. The molecule has 0 fully saturated rings. The second-order valence-corrected chi connectivity index (χ2v) is 5.43. The molecule has 2 unspecified atom stereocenters. The van der Waals surface area contributed by atoms with E-state index in [2.05, 4.69) is 25.6 Å². The van der Waals surface area contributed by atoms with E-state index >= 15 is 0 Å². The number of benzene rings is 1. The first-order valence-corrected chi connectivity index (χ1v) is 7.44. The van der Waals surface area contributed by atoms with Gasteiger partial charge < -0.3 is 9.53 Å². The zero-order valence-corrected chi connectivity index (χ0v) is 12.5. The van der Waals surface area contributed by atoms with Gasteiger partial charge in [0.1, 0.15) is 6.29 Å². The predicted molar refractivity (Wildman–Crippen MR) is 83.5 cm³/mol. The molecule has 0 N–H and O–H groups in total. The summed E-state index contributed by atoms with van der Waals surface area (Å²) >= 11 is 0. The number of carbonyl (C=O) groups is 1. The van der Waals surface area contributed by atoms with Crippen molar-refractivity contribution >= 4 is 6.29 Å². The van der Waals surface area contributed by atoms with Crippen LogP contribution in [-0.2, 0) is 16.1 Å². The van der Waals surface area contributed by atoms with Crippen LogP contribution in [0.25, 0.3) is 0 Å². The quantitative estimate of drug-likeness (QED) is 0.339. The predicted octanol–water partition coefficient (Wildman–Crippen LogP) is 4.40. The Balaban J connectivity index is 2.09. The summed E-state index contributed by atoms with van der Waals surface area (Å²) in [5.74, 6) is 0.734. The van der Waals surface area contributed by atoms with E-state index in [4.69, 9.17) is 4.74 Å². The number of rotatable bonds is 11. The van der Waals surface area contributed by atoms with Gasteiger partial charge in [0.05, 0.1) is 6.61 Å². The first-order chi connectivity index (χ1) is 9.76. The van der Waals surface area contributed by atoms with Crippen molar-refractivity contribution in [1.29, 1.82) is 0 Å². The molecule has 0 aliphatic heterocycles. The van der Waals surface area contributed by atoms with Crippen LogP contribution >= 0.6 is 0 Å². The minimum Gasteiger partial charge on any atom is -0.377 e. The standard InChI is InChI=1S/C18H26O2/c1-3-7-17(14-19)11-10-16(2)12-13-20-15-18-8-5-4-6-9-18/h3-6,8-9,14,16-17H,1,7,10-13,15H2,2H3. The Hall–Kier alpha value is -1.41. The Morgan fingerprint density at radius 3 is 2.60 bits per heavy atom. The van der Waals surface area contributed by atoms with E-state index in [9.17, 15) is 4.79 Å². The van der Waals surface area contributed by atoms with Gasteiger partial charge in [-0.1, -0.05) is 43.3 Å². The highest BCUT2D eigenvalue weighted by atomic mass is 16.5. The summed E-state index contributed by atoms with van der Waals surface area (Å²) in [6, 6.07) is 10.2. The number of hydrogen-bond acceptors (Lipinski definition) is 2. The fraction of sp³-hybridized carbons (Fsp3) is 0.500. The first kappa shape index (κ1) is 16.6. The highest BCUT2D eigenvalue weighted by Gasteiger charge is 2.08. The molecule has 20 heavy (non-hydrogen) atoms. The van der Waals surface area contributed by atoms with Crippen molar-refractivity contribution in [2.24, 2.45) is 11.8 Å². The largest absolute Gasteiger partial charge is 0.377 e. The topological polar surface area (TPSA) is 26.3 Å². The summed E-state index contributed by atoms with van der Waals surface area (Å²) in [5.41, 5.74) is 1.21. The van der Waals surface area contributed by atoms with Crippen LogP contribution in [0.5, 0.6) is 0 Å². The molecule has 0 radical (unpaired) electrons. The fourth-order valence-electron chi connectivity index (χ4n) is 2.15. The van der Waals surface area contributed by atoms with Crippen molar-refractivity contribution < 1.29 is 9.53 Å². The maximum atomic E-state index is 10.9. The van der Waals surface area contributed by atoms with E-state index < -0.39 is 0 Å². The SMILES string of the molecule is C=CCC(C=O)CCC(C)CCOCc1ccccc1. The molecule has 0 bridgehead atoms. The molecular weight excluding hydrogens is 248 g/mol. The van der Waals surface area contributed by atoms with Crippen molar-refractivity contribution in [3.05, 3.63) is 48.6 Å². The lowest BCUT2D eigenvalue weighted by Crippen LogP contribution is -2.07. The third-order valence-corrected chi connectivity index (χ3v) is 3.56. The molecule has 0 aliphatic carbocycles. The molecule has 0 spiro atoms. The first-order valence-electron chi connectivity index (χ1n) is 7.44. The maximum absolute atomic E-state index is 10.9. The zero-order valence-electron chi connectivity index (χ0n) is 12.5. The van der Waals surface area contributed by atoms with Crippen molar-refractivity contribution in [3.63, 3.8) is 0 Å². The fourth-order valence-corrected chi connectivity index (χ4v) is 2.15. The molecule has 0 amide bonds. The van der Waals surface area contributed by atoms with Crippen LogP contribution in [0.2, 0.25) is 0 Å². The summed E-state index contributed by atoms with van der Waals surface area (Å²) in [4.78, 5) is 10.9. The molecule has 0 saturated carbocycles. The van der Waals surface area contributed by atoms with Crippen LogP contribution in [0.4, 0.5) is 0 Å². The number of carbonyl (C=O) groups excluding carboxylic acids is 1. The monoisotopic (exact) mass is 274 g/mol. The van der Waals surface area contributed by atoms with Crippen molar-refractivity contribution in [2.75, 3.05) is 6.61 Å². The van der Waals surface area contributed by atoms with E-state index in [1.54, 1.807) is 0 Å². The van der Waals surface area contributed by atoms with Crippen LogP contribution in [0, 0.1) is 11.8 Å². The second kappa shape index (κ2) is 10.4. The number of ether oxygens (including phenoxy) is 1. The zero-order chi connectivity index (χ0) is 14.6. The number of hydrogen-bond donors (Lipinski definition) is 0. The van der Waals surface area contributed by atoms with Crippen LogP contribution in [-0.4, -0.2) is 12.9 Å². The Kier molecular flexibility index (Phi) is 8.64. The summed E-state index contributed by atoms with van der Waals surface area (Å²) in [7, 11) is 0. The second-order valence-electron chi connectivity index (χ2n) is 5.43. The lowest BCUT2D eigenvalue weighted by molar-refractivity contribution is -0.111. The van der Waals surface area contributed by atoms with E-state index in [0.717, 1.165) is 38.6 Å². The van der Waals surface area contributed by atoms with E-state index in [0.29, 0.717) is 12.5 Å². The molecule has 0 aromatic heterocycles.